The highest BCUT2D eigenvalue weighted by Gasteiger charge is 2.22. The fraction of sp³-hybridized carbons (Fsp3) is 0.333. The first-order valence-corrected chi connectivity index (χ1v) is 6.58. The van der Waals surface area contributed by atoms with E-state index in [1.807, 2.05) is 0 Å². The van der Waals surface area contributed by atoms with Gasteiger partial charge in [-0.15, -0.1) is 10.2 Å². The van der Waals surface area contributed by atoms with Crippen molar-refractivity contribution in [2.45, 2.75) is 28.4 Å². The molecule has 0 aliphatic heterocycles. The van der Waals surface area contributed by atoms with Crippen LogP contribution >= 0.6 is 23.1 Å². The first-order chi connectivity index (χ1) is 7.90. The Balaban J connectivity index is 1.67. The van der Waals surface area contributed by atoms with Gasteiger partial charge in [0, 0.05) is 18.4 Å². The number of hydrogen-bond donors (Lipinski definition) is 1. The third-order valence-corrected chi connectivity index (χ3v) is 3.83. The summed E-state index contributed by atoms with van der Waals surface area (Å²) in [5.74, 6) is 0. The Labute approximate surface area is 101 Å². The summed E-state index contributed by atoms with van der Waals surface area (Å²) in [6.07, 6.45) is 5.92. The zero-order valence-corrected chi connectivity index (χ0v) is 9.96. The van der Waals surface area contributed by atoms with Crippen molar-refractivity contribution in [3.05, 3.63) is 18.5 Å². The smallest absolute Gasteiger partial charge is 0.206 e. The zero-order chi connectivity index (χ0) is 10.8. The van der Waals surface area contributed by atoms with Crippen LogP contribution in [0.5, 0.6) is 0 Å². The average Bonchev–Trinajstić information content (AvgIpc) is 3.01. The fourth-order valence-corrected chi connectivity index (χ4v) is 2.77. The normalized spacial score (nSPS) is 15.0. The number of anilines is 1. The van der Waals surface area contributed by atoms with Gasteiger partial charge in [0.15, 0.2) is 9.50 Å². The molecule has 0 saturated heterocycles. The fourth-order valence-electron chi connectivity index (χ4n) is 1.13. The third kappa shape index (κ3) is 2.48. The molecule has 0 bridgehead atoms. The van der Waals surface area contributed by atoms with E-state index in [9.17, 15) is 0 Å². The molecule has 1 saturated carbocycles. The molecule has 2 aromatic rings. The van der Waals surface area contributed by atoms with E-state index in [4.69, 9.17) is 0 Å². The molecule has 0 amide bonds. The van der Waals surface area contributed by atoms with Crippen molar-refractivity contribution in [1.82, 2.24) is 20.2 Å². The maximum atomic E-state index is 4.13. The van der Waals surface area contributed by atoms with E-state index in [1.54, 1.807) is 29.8 Å². The maximum Gasteiger partial charge on any atom is 0.206 e. The molecular weight excluding hydrogens is 242 g/mol. The van der Waals surface area contributed by atoms with Crippen molar-refractivity contribution >= 4 is 28.2 Å². The van der Waals surface area contributed by atoms with Gasteiger partial charge in [-0.3, -0.25) is 0 Å². The lowest BCUT2D eigenvalue weighted by molar-refractivity contribution is 0.952. The first kappa shape index (κ1) is 9.98. The molecule has 2 heterocycles. The lowest BCUT2D eigenvalue weighted by atomic mass is 10.7. The molecular formula is C9H9N5S2. The summed E-state index contributed by atoms with van der Waals surface area (Å²) in [4.78, 5) is 8.25. The van der Waals surface area contributed by atoms with Gasteiger partial charge in [-0.25, -0.2) is 9.97 Å². The Morgan fingerprint density at radius 2 is 2.06 bits per heavy atom. The maximum absolute atomic E-state index is 4.13. The van der Waals surface area contributed by atoms with Gasteiger partial charge in [0.25, 0.3) is 0 Å². The number of aromatic nitrogens is 4. The summed E-state index contributed by atoms with van der Waals surface area (Å²) in [6.45, 7) is 0. The average molecular weight is 251 g/mol. The van der Waals surface area contributed by atoms with E-state index < -0.39 is 0 Å². The monoisotopic (exact) mass is 251 g/mol. The van der Waals surface area contributed by atoms with Gasteiger partial charge in [-0.05, 0) is 30.7 Å². The third-order valence-electron chi connectivity index (χ3n) is 2.03. The van der Waals surface area contributed by atoms with Crippen LogP contribution in [-0.2, 0) is 0 Å². The van der Waals surface area contributed by atoms with Crippen molar-refractivity contribution in [2.75, 3.05) is 5.32 Å². The SMILES string of the molecule is c1cnc(Sc2nnc(NC3CC3)s2)nc1. The van der Waals surface area contributed by atoms with E-state index in [2.05, 4.69) is 25.5 Å². The molecule has 7 heteroatoms. The molecule has 2 aromatic heterocycles. The second-order valence-corrected chi connectivity index (χ2v) is 5.62. The molecule has 3 rings (SSSR count). The Morgan fingerprint density at radius 3 is 2.81 bits per heavy atom. The highest BCUT2D eigenvalue weighted by molar-refractivity contribution is 8.00. The Morgan fingerprint density at radius 1 is 1.25 bits per heavy atom. The lowest BCUT2D eigenvalue weighted by Crippen LogP contribution is -1.99. The lowest BCUT2D eigenvalue weighted by Gasteiger charge is -1.94. The predicted molar refractivity (Wildman–Crippen MR) is 62.7 cm³/mol. The molecule has 1 aliphatic carbocycles. The quantitative estimate of drug-likeness (QED) is 0.839. The minimum absolute atomic E-state index is 0.610. The Kier molecular flexibility index (Phi) is 2.71. The van der Waals surface area contributed by atoms with Crippen molar-refractivity contribution in [1.29, 1.82) is 0 Å². The van der Waals surface area contributed by atoms with Crippen LogP contribution in [0.4, 0.5) is 5.13 Å². The molecule has 0 unspecified atom stereocenters. The van der Waals surface area contributed by atoms with Gasteiger partial charge < -0.3 is 5.32 Å². The van der Waals surface area contributed by atoms with Crippen LogP contribution in [0.25, 0.3) is 0 Å². The molecule has 0 aromatic carbocycles. The van der Waals surface area contributed by atoms with Crippen LogP contribution in [0.15, 0.2) is 28.0 Å². The minimum Gasteiger partial charge on any atom is -0.357 e. The summed E-state index contributed by atoms with van der Waals surface area (Å²) in [5.41, 5.74) is 0. The number of nitrogens with zero attached hydrogens (tertiary/aromatic N) is 4. The van der Waals surface area contributed by atoms with E-state index in [1.165, 1.54) is 24.6 Å². The van der Waals surface area contributed by atoms with Gasteiger partial charge in [0.05, 0.1) is 0 Å². The minimum atomic E-state index is 0.610. The second kappa shape index (κ2) is 4.34. The molecule has 1 N–H and O–H groups in total. The summed E-state index contributed by atoms with van der Waals surface area (Å²) in [6, 6.07) is 2.41. The highest BCUT2D eigenvalue weighted by Crippen LogP contribution is 2.32. The number of hydrogen-bond acceptors (Lipinski definition) is 7. The molecule has 1 fully saturated rings. The van der Waals surface area contributed by atoms with Crippen molar-refractivity contribution in [2.24, 2.45) is 0 Å². The molecule has 0 radical (unpaired) electrons. The first-order valence-electron chi connectivity index (χ1n) is 4.95. The van der Waals surface area contributed by atoms with Crippen molar-refractivity contribution in [3.8, 4) is 0 Å². The molecule has 1 aliphatic rings. The number of rotatable bonds is 4. The van der Waals surface area contributed by atoms with E-state index in [0.29, 0.717) is 11.2 Å². The van der Waals surface area contributed by atoms with Crippen LogP contribution in [0, 0.1) is 0 Å². The van der Waals surface area contributed by atoms with Gasteiger partial charge in [-0.1, -0.05) is 11.3 Å². The summed E-state index contributed by atoms with van der Waals surface area (Å²) in [5, 5.41) is 13.1. The van der Waals surface area contributed by atoms with Gasteiger partial charge >= 0.3 is 0 Å². The van der Waals surface area contributed by atoms with E-state index >= 15 is 0 Å². The topological polar surface area (TPSA) is 63.6 Å². The van der Waals surface area contributed by atoms with E-state index in [-0.39, 0.29) is 0 Å². The van der Waals surface area contributed by atoms with Crippen molar-refractivity contribution in [3.63, 3.8) is 0 Å². The van der Waals surface area contributed by atoms with Gasteiger partial charge in [0.1, 0.15) is 0 Å². The largest absolute Gasteiger partial charge is 0.357 e. The van der Waals surface area contributed by atoms with Crippen LogP contribution in [0.1, 0.15) is 12.8 Å². The highest BCUT2D eigenvalue weighted by atomic mass is 32.2. The summed E-state index contributed by atoms with van der Waals surface area (Å²) >= 11 is 2.98. The number of nitrogens with one attached hydrogen (secondary N) is 1. The van der Waals surface area contributed by atoms with Crippen molar-refractivity contribution < 1.29 is 0 Å². The molecule has 5 nitrogen and oxygen atoms in total. The summed E-state index contributed by atoms with van der Waals surface area (Å²) < 4.78 is 0.870. The van der Waals surface area contributed by atoms with Crippen LogP contribution in [-0.4, -0.2) is 26.2 Å². The van der Waals surface area contributed by atoms with Crippen LogP contribution in [0.2, 0.25) is 0 Å². The zero-order valence-electron chi connectivity index (χ0n) is 8.33. The second-order valence-electron chi connectivity index (χ2n) is 3.43. The Bertz CT molecular complexity index is 468. The summed E-state index contributed by atoms with van der Waals surface area (Å²) in [7, 11) is 0. The van der Waals surface area contributed by atoms with Gasteiger partial charge in [-0.2, -0.15) is 0 Å². The standard InChI is InChI=1S/C9H9N5S2/c1-4-10-7(11-5-1)15-9-14-13-8(16-9)12-6-2-3-6/h1,4-6H,2-3H2,(H,12,13). The van der Waals surface area contributed by atoms with Crippen LogP contribution < -0.4 is 5.32 Å². The molecule has 0 spiro atoms. The van der Waals surface area contributed by atoms with Gasteiger partial charge in [0.2, 0.25) is 5.13 Å². The predicted octanol–water partition coefficient (Wildman–Crippen LogP) is 2.05. The van der Waals surface area contributed by atoms with Crippen LogP contribution in [0.3, 0.4) is 0 Å². The molecule has 82 valence electrons. The molecule has 0 atom stereocenters. The van der Waals surface area contributed by atoms with E-state index in [0.717, 1.165) is 9.47 Å². The Hall–Kier alpha value is -1.21. The molecule has 16 heavy (non-hydrogen) atoms.